The lowest BCUT2D eigenvalue weighted by atomic mass is 9.93. The van der Waals surface area contributed by atoms with Gasteiger partial charge in [0.25, 0.3) is 0 Å². The molecule has 0 heterocycles. The Morgan fingerprint density at radius 2 is 2.00 bits per heavy atom. The summed E-state index contributed by atoms with van der Waals surface area (Å²) in [5.41, 5.74) is 2.08. The van der Waals surface area contributed by atoms with Crippen LogP contribution in [0.3, 0.4) is 0 Å². The van der Waals surface area contributed by atoms with Gasteiger partial charge in [-0.2, -0.15) is 13.2 Å². The van der Waals surface area contributed by atoms with Crippen LogP contribution >= 0.6 is 0 Å². The van der Waals surface area contributed by atoms with Crippen molar-refractivity contribution in [2.75, 3.05) is 6.61 Å². The SMILES string of the molecule is C=CC(OCC(c1ccccc1F)C(C)NO)C(F)(F)F. The Hall–Kier alpha value is -1.44. The van der Waals surface area contributed by atoms with Crippen molar-refractivity contribution in [3.63, 3.8) is 0 Å². The first-order valence-corrected chi connectivity index (χ1v) is 6.26. The average molecular weight is 307 g/mol. The molecule has 0 spiro atoms. The fraction of sp³-hybridized carbons (Fsp3) is 0.429. The van der Waals surface area contributed by atoms with Gasteiger partial charge in [0.05, 0.1) is 6.61 Å². The molecule has 0 amide bonds. The van der Waals surface area contributed by atoms with E-state index >= 15 is 0 Å². The van der Waals surface area contributed by atoms with Gasteiger partial charge in [0.1, 0.15) is 5.82 Å². The smallest absolute Gasteiger partial charge is 0.364 e. The summed E-state index contributed by atoms with van der Waals surface area (Å²) in [6.07, 6.45) is -6.09. The number of hydroxylamine groups is 1. The van der Waals surface area contributed by atoms with Crippen molar-refractivity contribution >= 4 is 0 Å². The summed E-state index contributed by atoms with van der Waals surface area (Å²) >= 11 is 0. The zero-order valence-corrected chi connectivity index (χ0v) is 11.4. The van der Waals surface area contributed by atoms with Crippen LogP contribution in [0.15, 0.2) is 36.9 Å². The Morgan fingerprint density at radius 3 is 2.48 bits per heavy atom. The van der Waals surface area contributed by atoms with Crippen LogP contribution < -0.4 is 5.48 Å². The van der Waals surface area contributed by atoms with Crippen LogP contribution in [0.25, 0.3) is 0 Å². The van der Waals surface area contributed by atoms with Gasteiger partial charge in [-0.05, 0) is 18.6 Å². The first-order valence-electron chi connectivity index (χ1n) is 6.26. The van der Waals surface area contributed by atoms with Crippen LogP contribution in [-0.2, 0) is 4.74 Å². The normalized spacial score (nSPS) is 16.3. The third-order valence-electron chi connectivity index (χ3n) is 3.10. The minimum atomic E-state index is -4.59. The van der Waals surface area contributed by atoms with E-state index in [1.807, 2.05) is 5.48 Å². The van der Waals surface area contributed by atoms with Crippen molar-refractivity contribution < 1.29 is 27.5 Å². The van der Waals surface area contributed by atoms with E-state index in [0.29, 0.717) is 6.08 Å². The van der Waals surface area contributed by atoms with Crippen LogP contribution in [0.4, 0.5) is 17.6 Å². The van der Waals surface area contributed by atoms with Gasteiger partial charge in [-0.15, -0.1) is 6.58 Å². The van der Waals surface area contributed by atoms with E-state index in [0.717, 1.165) is 0 Å². The van der Waals surface area contributed by atoms with Gasteiger partial charge in [0.15, 0.2) is 6.10 Å². The molecule has 0 saturated carbocycles. The molecule has 0 radical (unpaired) electrons. The Kier molecular flexibility index (Phi) is 6.32. The third-order valence-corrected chi connectivity index (χ3v) is 3.10. The maximum Gasteiger partial charge on any atom is 0.418 e. The molecule has 118 valence electrons. The lowest BCUT2D eigenvalue weighted by molar-refractivity contribution is -0.205. The molecule has 0 aliphatic carbocycles. The molecule has 0 aromatic heterocycles. The average Bonchev–Trinajstić information content (AvgIpc) is 2.43. The monoisotopic (exact) mass is 307 g/mol. The van der Waals surface area contributed by atoms with Gasteiger partial charge in [-0.25, -0.2) is 9.87 Å². The lowest BCUT2D eigenvalue weighted by Gasteiger charge is -2.26. The Morgan fingerprint density at radius 1 is 1.38 bits per heavy atom. The predicted molar refractivity (Wildman–Crippen MR) is 69.5 cm³/mol. The standard InChI is InChI=1S/C14H17F4NO2/c1-3-13(14(16,17)18)21-8-11(9(2)19-20)10-6-4-5-7-12(10)15/h3-7,9,11,13,19-20H,1,8H2,2H3. The number of hydrogen-bond donors (Lipinski definition) is 2. The number of nitrogens with one attached hydrogen (secondary N) is 1. The first kappa shape index (κ1) is 17.6. The van der Waals surface area contributed by atoms with E-state index in [1.165, 1.54) is 25.1 Å². The van der Waals surface area contributed by atoms with Crippen LogP contribution in [0, 0.1) is 5.82 Å². The number of rotatable bonds is 7. The molecule has 0 aliphatic heterocycles. The summed E-state index contributed by atoms with van der Waals surface area (Å²) in [5, 5.41) is 8.97. The number of benzene rings is 1. The molecule has 3 nitrogen and oxygen atoms in total. The van der Waals surface area contributed by atoms with Gasteiger partial charge in [0.2, 0.25) is 0 Å². The summed E-state index contributed by atoms with van der Waals surface area (Å²) in [6.45, 7) is 4.16. The highest BCUT2D eigenvalue weighted by Gasteiger charge is 2.39. The van der Waals surface area contributed by atoms with Crippen molar-refractivity contribution in [3.05, 3.63) is 48.3 Å². The van der Waals surface area contributed by atoms with Gasteiger partial charge >= 0.3 is 6.18 Å². The maximum absolute atomic E-state index is 13.8. The van der Waals surface area contributed by atoms with Crippen molar-refractivity contribution in [1.82, 2.24) is 5.48 Å². The fourth-order valence-electron chi connectivity index (χ4n) is 1.87. The lowest BCUT2D eigenvalue weighted by Crippen LogP contribution is -2.36. The topological polar surface area (TPSA) is 41.5 Å². The van der Waals surface area contributed by atoms with Crippen molar-refractivity contribution in [2.45, 2.75) is 31.2 Å². The number of ether oxygens (including phenoxy) is 1. The number of alkyl halides is 3. The quantitative estimate of drug-likeness (QED) is 0.461. The molecular formula is C14H17F4NO2. The van der Waals surface area contributed by atoms with Crippen LogP contribution in [0.5, 0.6) is 0 Å². The summed E-state index contributed by atoms with van der Waals surface area (Å²) < 4.78 is 56.4. The van der Waals surface area contributed by atoms with Gasteiger partial charge in [-0.1, -0.05) is 24.3 Å². The highest BCUT2D eigenvalue weighted by atomic mass is 19.4. The van der Waals surface area contributed by atoms with E-state index in [-0.39, 0.29) is 5.56 Å². The highest BCUT2D eigenvalue weighted by Crippen LogP contribution is 2.28. The largest absolute Gasteiger partial charge is 0.418 e. The summed E-state index contributed by atoms with van der Waals surface area (Å²) in [5.74, 6) is -1.36. The van der Waals surface area contributed by atoms with Crippen molar-refractivity contribution in [2.24, 2.45) is 0 Å². The summed E-state index contributed by atoms with van der Waals surface area (Å²) in [7, 11) is 0. The summed E-state index contributed by atoms with van der Waals surface area (Å²) in [6, 6.07) is 4.97. The molecule has 0 saturated heterocycles. The van der Waals surface area contributed by atoms with Gasteiger partial charge in [0, 0.05) is 12.0 Å². The molecule has 1 aromatic carbocycles. The second kappa shape index (κ2) is 7.53. The Labute approximate surface area is 120 Å². The van der Waals surface area contributed by atoms with E-state index in [9.17, 15) is 17.6 Å². The Balaban J connectivity index is 2.91. The molecule has 0 aliphatic rings. The predicted octanol–water partition coefficient (Wildman–Crippen LogP) is 3.41. The number of hydrogen-bond acceptors (Lipinski definition) is 3. The van der Waals surface area contributed by atoms with Crippen molar-refractivity contribution in [1.29, 1.82) is 0 Å². The van der Waals surface area contributed by atoms with Crippen LogP contribution in [-0.4, -0.2) is 30.1 Å². The molecule has 7 heteroatoms. The molecule has 0 fully saturated rings. The second-order valence-corrected chi connectivity index (χ2v) is 4.58. The van der Waals surface area contributed by atoms with E-state index in [1.54, 1.807) is 6.07 Å². The zero-order chi connectivity index (χ0) is 16.0. The minimum Gasteiger partial charge on any atom is -0.364 e. The highest BCUT2D eigenvalue weighted by molar-refractivity contribution is 5.23. The molecule has 0 bridgehead atoms. The van der Waals surface area contributed by atoms with Crippen LogP contribution in [0.2, 0.25) is 0 Å². The van der Waals surface area contributed by atoms with Gasteiger partial charge in [-0.3, -0.25) is 0 Å². The van der Waals surface area contributed by atoms with Crippen molar-refractivity contribution in [3.8, 4) is 0 Å². The third kappa shape index (κ3) is 4.80. The molecule has 3 atom stereocenters. The molecule has 3 unspecified atom stereocenters. The van der Waals surface area contributed by atoms with Gasteiger partial charge < -0.3 is 9.94 Å². The van der Waals surface area contributed by atoms with E-state index in [2.05, 4.69) is 6.58 Å². The number of halogens is 4. The molecular weight excluding hydrogens is 290 g/mol. The van der Waals surface area contributed by atoms with Crippen LogP contribution in [0.1, 0.15) is 18.4 Å². The molecule has 1 aromatic rings. The summed E-state index contributed by atoms with van der Waals surface area (Å²) in [4.78, 5) is 0. The maximum atomic E-state index is 13.8. The van der Waals surface area contributed by atoms with E-state index < -0.39 is 36.7 Å². The van der Waals surface area contributed by atoms with E-state index in [4.69, 9.17) is 9.94 Å². The molecule has 1 rings (SSSR count). The first-order chi connectivity index (χ1) is 9.81. The molecule has 21 heavy (non-hydrogen) atoms. The minimum absolute atomic E-state index is 0.163. The zero-order valence-electron chi connectivity index (χ0n) is 11.4. The fourth-order valence-corrected chi connectivity index (χ4v) is 1.87. The molecule has 2 N–H and O–H groups in total. The Bertz CT molecular complexity index is 465. The second-order valence-electron chi connectivity index (χ2n) is 4.58.